The molecule has 0 aliphatic heterocycles. The largest absolute Gasteiger partial charge is 0.265 e. The van der Waals surface area contributed by atoms with Gasteiger partial charge in [-0.3, -0.25) is 4.98 Å². The summed E-state index contributed by atoms with van der Waals surface area (Å²) in [6.07, 6.45) is 3.57. The molecule has 0 bridgehead atoms. The van der Waals surface area contributed by atoms with Crippen LogP contribution in [0.4, 0.5) is 0 Å². The number of benzene rings is 1. The van der Waals surface area contributed by atoms with Crippen molar-refractivity contribution in [2.45, 2.75) is 20.8 Å². The van der Waals surface area contributed by atoms with Gasteiger partial charge in [0.15, 0.2) is 0 Å². The van der Waals surface area contributed by atoms with Crippen LogP contribution in [0, 0.1) is 20.8 Å². The summed E-state index contributed by atoms with van der Waals surface area (Å²) < 4.78 is 1.95. The molecule has 2 aromatic heterocycles. The van der Waals surface area contributed by atoms with Crippen molar-refractivity contribution in [1.82, 2.24) is 14.8 Å². The Balaban J connectivity index is 2.09. The number of hydrogen-bond donors (Lipinski definition) is 0. The normalized spacial score (nSPS) is 10.8. The first-order valence-electron chi connectivity index (χ1n) is 6.70. The van der Waals surface area contributed by atoms with E-state index >= 15 is 0 Å². The summed E-state index contributed by atoms with van der Waals surface area (Å²) in [7, 11) is 0. The van der Waals surface area contributed by atoms with Gasteiger partial charge in [0.05, 0.1) is 11.4 Å². The molecule has 100 valence electrons. The van der Waals surface area contributed by atoms with Crippen LogP contribution in [-0.2, 0) is 0 Å². The lowest BCUT2D eigenvalue weighted by Gasteiger charge is -2.04. The summed E-state index contributed by atoms with van der Waals surface area (Å²) in [6.45, 7) is 6.31. The fourth-order valence-corrected chi connectivity index (χ4v) is 2.45. The molecule has 20 heavy (non-hydrogen) atoms. The molecule has 3 nitrogen and oxygen atoms in total. The zero-order chi connectivity index (χ0) is 14.1. The number of rotatable bonds is 2. The SMILES string of the molecule is Cc1ccc(-c2cc(C)n(-c3ccncc3)n2)c(C)c1. The summed E-state index contributed by atoms with van der Waals surface area (Å²) in [4.78, 5) is 4.05. The second kappa shape index (κ2) is 4.93. The lowest BCUT2D eigenvalue weighted by molar-refractivity contribution is 0.847. The molecule has 0 aliphatic rings. The molecular weight excluding hydrogens is 246 g/mol. The Morgan fingerprint density at radius 2 is 1.65 bits per heavy atom. The number of aryl methyl sites for hydroxylation is 3. The minimum Gasteiger partial charge on any atom is -0.265 e. The average Bonchev–Trinajstić information content (AvgIpc) is 2.81. The molecule has 0 atom stereocenters. The fourth-order valence-electron chi connectivity index (χ4n) is 2.45. The molecule has 0 fully saturated rings. The first-order valence-corrected chi connectivity index (χ1v) is 6.70. The molecule has 1 aromatic carbocycles. The smallest absolute Gasteiger partial charge is 0.0933 e. The summed E-state index contributed by atoms with van der Waals surface area (Å²) in [5, 5.41) is 4.73. The van der Waals surface area contributed by atoms with Crippen LogP contribution in [0.15, 0.2) is 48.8 Å². The number of aromatic nitrogens is 3. The third-order valence-corrected chi connectivity index (χ3v) is 3.45. The Morgan fingerprint density at radius 3 is 2.35 bits per heavy atom. The third-order valence-electron chi connectivity index (χ3n) is 3.45. The van der Waals surface area contributed by atoms with Crippen LogP contribution in [0.2, 0.25) is 0 Å². The maximum absolute atomic E-state index is 4.73. The van der Waals surface area contributed by atoms with E-state index in [-0.39, 0.29) is 0 Å². The monoisotopic (exact) mass is 263 g/mol. The predicted molar refractivity (Wildman–Crippen MR) is 81.0 cm³/mol. The summed E-state index contributed by atoms with van der Waals surface area (Å²) in [5.74, 6) is 0. The Labute approximate surface area is 118 Å². The van der Waals surface area contributed by atoms with Crippen molar-refractivity contribution >= 4 is 0 Å². The molecule has 0 unspecified atom stereocenters. The molecule has 0 amide bonds. The van der Waals surface area contributed by atoms with Crippen LogP contribution >= 0.6 is 0 Å². The highest BCUT2D eigenvalue weighted by molar-refractivity contribution is 5.64. The van der Waals surface area contributed by atoms with E-state index in [1.165, 1.54) is 16.7 Å². The van der Waals surface area contributed by atoms with E-state index in [0.717, 1.165) is 17.1 Å². The number of nitrogens with zero attached hydrogens (tertiary/aromatic N) is 3. The minimum atomic E-state index is 1.01. The quantitative estimate of drug-likeness (QED) is 0.703. The van der Waals surface area contributed by atoms with Crippen molar-refractivity contribution in [2.24, 2.45) is 0 Å². The van der Waals surface area contributed by atoms with Crippen molar-refractivity contribution < 1.29 is 0 Å². The second-order valence-electron chi connectivity index (χ2n) is 5.11. The van der Waals surface area contributed by atoms with Gasteiger partial charge >= 0.3 is 0 Å². The summed E-state index contributed by atoms with van der Waals surface area (Å²) in [5.41, 5.74) is 6.88. The molecule has 3 aromatic rings. The highest BCUT2D eigenvalue weighted by Gasteiger charge is 2.10. The summed E-state index contributed by atoms with van der Waals surface area (Å²) in [6, 6.07) is 12.5. The highest BCUT2D eigenvalue weighted by atomic mass is 15.3. The Kier molecular flexibility index (Phi) is 3.11. The van der Waals surface area contributed by atoms with Gasteiger partial charge in [0.2, 0.25) is 0 Å². The Morgan fingerprint density at radius 1 is 0.900 bits per heavy atom. The van der Waals surface area contributed by atoms with Gasteiger partial charge in [-0.2, -0.15) is 5.10 Å². The van der Waals surface area contributed by atoms with E-state index in [9.17, 15) is 0 Å². The number of hydrogen-bond acceptors (Lipinski definition) is 2. The Hall–Kier alpha value is -2.42. The molecular formula is C17H17N3. The minimum absolute atomic E-state index is 1.01. The van der Waals surface area contributed by atoms with Gasteiger partial charge in [-0.05, 0) is 44.5 Å². The van der Waals surface area contributed by atoms with Crippen molar-refractivity contribution in [1.29, 1.82) is 0 Å². The topological polar surface area (TPSA) is 30.7 Å². The average molecular weight is 263 g/mol. The predicted octanol–water partition coefficient (Wildman–Crippen LogP) is 3.86. The van der Waals surface area contributed by atoms with Crippen molar-refractivity contribution in [3.05, 3.63) is 65.6 Å². The van der Waals surface area contributed by atoms with Gasteiger partial charge in [-0.25, -0.2) is 4.68 Å². The van der Waals surface area contributed by atoms with Gasteiger partial charge in [-0.15, -0.1) is 0 Å². The first-order chi connectivity index (χ1) is 9.65. The van der Waals surface area contributed by atoms with Crippen LogP contribution in [0.25, 0.3) is 16.9 Å². The van der Waals surface area contributed by atoms with Gasteiger partial charge < -0.3 is 0 Å². The van der Waals surface area contributed by atoms with E-state index < -0.39 is 0 Å². The zero-order valence-electron chi connectivity index (χ0n) is 12.0. The van der Waals surface area contributed by atoms with Crippen molar-refractivity contribution in [2.75, 3.05) is 0 Å². The fraction of sp³-hybridized carbons (Fsp3) is 0.176. The third kappa shape index (κ3) is 2.23. The molecule has 3 heteroatoms. The molecule has 0 radical (unpaired) electrons. The molecule has 3 rings (SSSR count). The van der Waals surface area contributed by atoms with E-state index in [0.29, 0.717) is 0 Å². The maximum Gasteiger partial charge on any atom is 0.0933 e. The second-order valence-corrected chi connectivity index (χ2v) is 5.11. The standard InChI is InChI=1S/C17H17N3/c1-12-4-5-16(13(2)10-12)17-11-14(3)20(19-17)15-6-8-18-9-7-15/h4-11H,1-3H3. The van der Waals surface area contributed by atoms with Crippen LogP contribution in [0.1, 0.15) is 16.8 Å². The van der Waals surface area contributed by atoms with E-state index in [1.54, 1.807) is 12.4 Å². The van der Waals surface area contributed by atoms with Crippen molar-refractivity contribution in [3.63, 3.8) is 0 Å². The van der Waals surface area contributed by atoms with Gasteiger partial charge in [0, 0.05) is 23.7 Å². The van der Waals surface area contributed by atoms with E-state index in [1.807, 2.05) is 16.8 Å². The zero-order valence-corrected chi connectivity index (χ0v) is 12.0. The van der Waals surface area contributed by atoms with Gasteiger partial charge in [0.1, 0.15) is 0 Å². The molecule has 0 spiro atoms. The van der Waals surface area contributed by atoms with Crippen molar-refractivity contribution in [3.8, 4) is 16.9 Å². The molecule has 2 heterocycles. The highest BCUT2D eigenvalue weighted by Crippen LogP contribution is 2.25. The van der Waals surface area contributed by atoms with E-state index in [2.05, 4.69) is 50.0 Å². The van der Waals surface area contributed by atoms with Crippen LogP contribution in [0.3, 0.4) is 0 Å². The lowest BCUT2D eigenvalue weighted by Crippen LogP contribution is -1.98. The Bertz CT molecular complexity index is 742. The first kappa shape index (κ1) is 12.6. The maximum atomic E-state index is 4.73. The van der Waals surface area contributed by atoms with Gasteiger partial charge in [0.25, 0.3) is 0 Å². The number of pyridine rings is 1. The van der Waals surface area contributed by atoms with Crippen LogP contribution in [-0.4, -0.2) is 14.8 Å². The lowest BCUT2D eigenvalue weighted by atomic mass is 10.0. The molecule has 0 saturated carbocycles. The molecule has 0 aliphatic carbocycles. The van der Waals surface area contributed by atoms with E-state index in [4.69, 9.17) is 5.10 Å². The van der Waals surface area contributed by atoms with Gasteiger partial charge in [-0.1, -0.05) is 23.8 Å². The molecule has 0 saturated heterocycles. The van der Waals surface area contributed by atoms with Crippen LogP contribution in [0.5, 0.6) is 0 Å². The molecule has 0 N–H and O–H groups in total. The summed E-state index contributed by atoms with van der Waals surface area (Å²) >= 11 is 0. The van der Waals surface area contributed by atoms with Crippen LogP contribution < -0.4 is 0 Å².